The summed E-state index contributed by atoms with van der Waals surface area (Å²) in [5.41, 5.74) is 2.75. The summed E-state index contributed by atoms with van der Waals surface area (Å²) in [6.45, 7) is 1.77. The maximum absolute atomic E-state index is 13.4. The Kier molecular flexibility index (Phi) is 4.48. The second-order valence-electron chi connectivity index (χ2n) is 5.17. The van der Waals surface area contributed by atoms with Crippen molar-refractivity contribution in [1.82, 2.24) is 10.2 Å². The molecule has 2 aromatic carbocycles. The number of hydrogen-bond donors (Lipinski definition) is 3. The normalized spacial score (nSPS) is 10.5. The number of aromatic amines is 1. The Morgan fingerprint density at radius 3 is 2.71 bits per heavy atom. The van der Waals surface area contributed by atoms with E-state index < -0.39 is 6.03 Å². The van der Waals surface area contributed by atoms with E-state index in [2.05, 4.69) is 20.8 Å². The van der Waals surface area contributed by atoms with E-state index in [4.69, 9.17) is 11.6 Å². The van der Waals surface area contributed by atoms with Crippen molar-refractivity contribution in [3.05, 3.63) is 65.1 Å². The van der Waals surface area contributed by atoms with E-state index in [0.29, 0.717) is 33.3 Å². The van der Waals surface area contributed by atoms with Crippen molar-refractivity contribution in [2.75, 3.05) is 10.6 Å². The number of H-pyrrole nitrogens is 1. The molecule has 0 aliphatic rings. The zero-order chi connectivity index (χ0) is 17.1. The van der Waals surface area contributed by atoms with Crippen LogP contribution in [0.15, 0.2) is 48.5 Å². The molecule has 1 heterocycles. The Balaban J connectivity index is 1.82. The number of nitrogens with one attached hydrogen (secondary N) is 3. The van der Waals surface area contributed by atoms with Gasteiger partial charge in [0.15, 0.2) is 0 Å². The number of halogens is 2. The lowest BCUT2D eigenvalue weighted by molar-refractivity contribution is 0.262. The third-order valence-electron chi connectivity index (χ3n) is 3.37. The van der Waals surface area contributed by atoms with E-state index in [1.54, 1.807) is 43.3 Å². The average Bonchev–Trinajstić information content (AvgIpc) is 2.88. The highest BCUT2D eigenvalue weighted by atomic mass is 35.5. The van der Waals surface area contributed by atoms with Crippen LogP contribution >= 0.6 is 11.6 Å². The Labute approximate surface area is 142 Å². The molecule has 3 N–H and O–H groups in total. The summed E-state index contributed by atoms with van der Waals surface area (Å²) >= 11 is 5.89. The van der Waals surface area contributed by atoms with Gasteiger partial charge < -0.3 is 10.6 Å². The minimum Gasteiger partial charge on any atom is -0.308 e. The van der Waals surface area contributed by atoms with Crippen LogP contribution < -0.4 is 10.6 Å². The summed E-state index contributed by atoms with van der Waals surface area (Å²) in [4.78, 5) is 12.2. The number of carbonyl (C=O) groups is 1. The van der Waals surface area contributed by atoms with Crippen molar-refractivity contribution in [3.8, 4) is 11.3 Å². The molecule has 7 heteroatoms. The van der Waals surface area contributed by atoms with Gasteiger partial charge in [-0.1, -0.05) is 29.8 Å². The first-order valence-electron chi connectivity index (χ1n) is 7.17. The molecule has 0 saturated carbocycles. The van der Waals surface area contributed by atoms with Gasteiger partial charge in [-0.2, -0.15) is 5.10 Å². The molecule has 0 bridgehead atoms. The van der Waals surface area contributed by atoms with E-state index in [1.807, 2.05) is 0 Å². The van der Waals surface area contributed by atoms with Crippen LogP contribution in [-0.4, -0.2) is 16.2 Å². The molecule has 0 aliphatic heterocycles. The fourth-order valence-electron chi connectivity index (χ4n) is 2.27. The Morgan fingerprint density at radius 2 is 1.96 bits per heavy atom. The highest BCUT2D eigenvalue weighted by Gasteiger charge is 2.15. The Bertz CT molecular complexity index is 894. The fraction of sp³-hybridized carbons (Fsp3) is 0.0588. The third kappa shape index (κ3) is 3.55. The Hall–Kier alpha value is -2.86. The van der Waals surface area contributed by atoms with Gasteiger partial charge in [0, 0.05) is 16.3 Å². The molecule has 0 unspecified atom stereocenters. The summed E-state index contributed by atoms with van der Waals surface area (Å²) in [6, 6.07) is 12.4. The first-order valence-corrected chi connectivity index (χ1v) is 7.55. The van der Waals surface area contributed by atoms with Gasteiger partial charge >= 0.3 is 6.03 Å². The van der Waals surface area contributed by atoms with Crippen molar-refractivity contribution < 1.29 is 9.18 Å². The lowest BCUT2D eigenvalue weighted by atomic mass is 10.1. The van der Waals surface area contributed by atoms with Crippen LogP contribution in [0.1, 0.15) is 5.69 Å². The molecule has 0 fully saturated rings. The molecule has 0 aliphatic carbocycles. The standard InChI is InChI=1S/C17H14ClFN4O/c1-10-15(16(23-22-10)11-4-2-6-13(19)8-11)21-17(24)20-14-7-3-5-12(18)9-14/h2-9H,1H3,(H,22,23)(H2,20,21,24). The monoisotopic (exact) mass is 344 g/mol. The number of aromatic nitrogens is 2. The second kappa shape index (κ2) is 6.72. The molecule has 0 radical (unpaired) electrons. The summed E-state index contributed by atoms with van der Waals surface area (Å²) < 4.78 is 13.4. The lowest BCUT2D eigenvalue weighted by Crippen LogP contribution is -2.20. The zero-order valence-corrected chi connectivity index (χ0v) is 13.5. The molecule has 24 heavy (non-hydrogen) atoms. The number of anilines is 2. The maximum atomic E-state index is 13.4. The van der Waals surface area contributed by atoms with Gasteiger partial charge in [0.25, 0.3) is 0 Å². The molecule has 122 valence electrons. The molecule has 2 amide bonds. The molecule has 0 spiro atoms. The minimum absolute atomic E-state index is 0.373. The third-order valence-corrected chi connectivity index (χ3v) is 3.60. The molecule has 3 rings (SSSR count). The lowest BCUT2D eigenvalue weighted by Gasteiger charge is -2.09. The smallest absolute Gasteiger partial charge is 0.308 e. The van der Waals surface area contributed by atoms with Gasteiger partial charge in [0.1, 0.15) is 11.5 Å². The Morgan fingerprint density at radius 1 is 1.17 bits per heavy atom. The molecule has 3 aromatic rings. The van der Waals surface area contributed by atoms with E-state index in [9.17, 15) is 9.18 Å². The van der Waals surface area contributed by atoms with Gasteiger partial charge in [-0.25, -0.2) is 9.18 Å². The van der Waals surface area contributed by atoms with Gasteiger partial charge in [-0.3, -0.25) is 5.10 Å². The quantitative estimate of drug-likeness (QED) is 0.637. The van der Waals surface area contributed by atoms with Crippen molar-refractivity contribution in [2.45, 2.75) is 6.92 Å². The zero-order valence-electron chi connectivity index (χ0n) is 12.7. The molecular weight excluding hydrogens is 331 g/mol. The summed E-state index contributed by atoms with van der Waals surface area (Å²) in [5.74, 6) is -0.373. The van der Waals surface area contributed by atoms with E-state index in [-0.39, 0.29) is 5.82 Å². The van der Waals surface area contributed by atoms with Crippen LogP contribution in [0.3, 0.4) is 0 Å². The van der Waals surface area contributed by atoms with Crippen LogP contribution in [0.4, 0.5) is 20.6 Å². The number of urea groups is 1. The minimum atomic E-state index is -0.445. The van der Waals surface area contributed by atoms with E-state index >= 15 is 0 Å². The van der Waals surface area contributed by atoms with Crippen LogP contribution in [0.25, 0.3) is 11.3 Å². The predicted octanol–water partition coefficient (Wildman–Crippen LogP) is 4.82. The number of rotatable bonds is 3. The summed E-state index contributed by atoms with van der Waals surface area (Å²) in [5, 5.41) is 12.9. The van der Waals surface area contributed by atoms with Crippen LogP contribution in [-0.2, 0) is 0 Å². The van der Waals surface area contributed by atoms with E-state index in [0.717, 1.165) is 0 Å². The number of carbonyl (C=O) groups excluding carboxylic acids is 1. The number of hydrogen-bond acceptors (Lipinski definition) is 2. The van der Waals surface area contributed by atoms with Crippen LogP contribution in [0, 0.1) is 12.7 Å². The highest BCUT2D eigenvalue weighted by Crippen LogP contribution is 2.29. The second-order valence-corrected chi connectivity index (χ2v) is 5.61. The number of benzene rings is 2. The van der Waals surface area contributed by atoms with E-state index in [1.165, 1.54) is 12.1 Å². The van der Waals surface area contributed by atoms with Gasteiger partial charge in [-0.05, 0) is 37.3 Å². The predicted molar refractivity (Wildman–Crippen MR) is 92.8 cm³/mol. The average molecular weight is 345 g/mol. The van der Waals surface area contributed by atoms with Gasteiger partial charge in [-0.15, -0.1) is 0 Å². The van der Waals surface area contributed by atoms with Gasteiger partial charge in [0.05, 0.1) is 11.4 Å². The van der Waals surface area contributed by atoms with Crippen molar-refractivity contribution in [2.24, 2.45) is 0 Å². The largest absolute Gasteiger partial charge is 0.323 e. The van der Waals surface area contributed by atoms with Crippen LogP contribution in [0.2, 0.25) is 5.02 Å². The topological polar surface area (TPSA) is 69.8 Å². The van der Waals surface area contributed by atoms with Crippen molar-refractivity contribution in [3.63, 3.8) is 0 Å². The molecule has 0 saturated heterocycles. The molecule has 0 atom stereocenters. The maximum Gasteiger partial charge on any atom is 0.323 e. The first kappa shape index (κ1) is 16.0. The van der Waals surface area contributed by atoms with Gasteiger partial charge in [0.2, 0.25) is 0 Å². The summed E-state index contributed by atoms with van der Waals surface area (Å²) in [6.07, 6.45) is 0. The number of amides is 2. The molecule has 1 aromatic heterocycles. The number of nitrogens with zero attached hydrogens (tertiary/aromatic N) is 1. The molecule has 5 nitrogen and oxygen atoms in total. The summed E-state index contributed by atoms with van der Waals surface area (Å²) in [7, 11) is 0. The number of aryl methyl sites for hydroxylation is 1. The fourth-order valence-corrected chi connectivity index (χ4v) is 2.46. The highest BCUT2D eigenvalue weighted by molar-refractivity contribution is 6.30. The van der Waals surface area contributed by atoms with Crippen molar-refractivity contribution >= 4 is 29.0 Å². The first-order chi connectivity index (χ1) is 11.5. The van der Waals surface area contributed by atoms with Crippen LogP contribution in [0.5, 0.6) is 0 Å². The SMILES string of the molecule is Cc1[nH]nc(-c2cccc(F)c2)c1NC(=O)Nc1cccc(Cl)c1. The van der Waals surface area contributed by atoms with Crippen molar-refractivity contribution in [1.29, 1.82) is 0 Å². The molecular formula is C17H14ClFN4O.